The summed E-state index contributed by atoms with van der Waals surface area (Å²) in [6, 6.07) is 18.7. The first kappa shape index (κ1) is 20.4. The summed E-state index contributed by atoms with van der Waals surface area (Å²) in [6.07, 6.45) is 4.49. The van der Waals surface area contributed by atoms with E-state index in [-0.39, 0.29) is 5.91 Å². The molecule has 1 aliphatic heterocycles. The summed E-state index contributed by atoms with van der Waals surface area (Å²) in [4.78, 5) is 14.7. The first-order valence-electron chi connectivity index (χ1n) is 10.4. The maximum atomic E-state index is 12.2. The molecule has 1 fully saturated rings. The van der Waals surface area contributed by atoms with Crippen LogP contribution in [0.2, 0.25) is 0 Å². The van der Waals surface area contributed by atoms with Gasteiger partial charge in [0.2, 0.25) is 5.91 Å². The van der Waals surface area contributed by atoms with E-state index in [1.807, 2.05) is 36.4 Å². The highest BCUT2D eigenvalue weighted by molar-refractivity contribution is 5.76. The van der Waals surface area contributed by atoms with Crippen LogP contribution in [0.4, 0.5) is 0 Å². The topological polar surface area (TPSA) is 41.6 Å². The summed E-state index contributed by atoms with van der Waals surface area (Å²) in [7, 11) is 0. The van der Waals surface area contributed by atoms with Crippen LogP contribution in [0.25, 0.3) is 0 Å². The molecule has 0 saturated carbocycles. The van der Waals surface area contributed by atoms with Gasteiger partial charge in [0, 0.05) is 32.1 Å². The number of amides is 1. The van der Waals surface area contributed by atoms with Crippen LogP contribution >= 0.6 is 0 Å². The molecule has 4 heteroatoms. The lowest BCUT2D eigenvalue weighted by molar-refractivity contribution is -0.122. The van der Waals surface area contributed by atoms with Crippen molar-refractivity contribution in [3.8, 4) is 5.75 Å². The van der Waals surface area contributed by atoms with Crippen LogP contribution in [0, 0.1) is 6.92 Å². The van der Waals surface area contributed by atoms with E-state index in [2.05, 4.69) is 35.3 Å². The lowest BCUT2D eigenvalue weighted by Gasteiger charge is -2.32. The molecule has 0 bridgehead atoms. The van der Waals surface area contributed by atoms with Crippen molar-refractivity contribution < 1.29 is 9.53 Å². The molecule has 1 aliphatic rings. The minimum absolute atomic E-state index is 0.175. The third-order valence-corrected chi connectivity index (χ3v) is 5.41. The molecule has 1 N–H and O–H groups in total. The number of carbonyl (C=O) groups excluding carboxylic acids is 1. The van der Waals surface area contributed by atoms with E-state index < -0.39 is 0 Å². The number of carbonyl (C=O) groups is 1. The maximum Gasteiger partial charge on any atom is 0.220 e. The summed E-state index contributed by atoms with van der Waals surface area (Å²) in [5.74, 6) is 1.16. The summed E-state index contributed by atoms with van der Waals surface area (Å²) in [5.41, 5.74) is 2.41. The standard InChI is InChI=1S/C24H32N2O2/c1-20-8-5-6-11-23(20)28-19-7-16-26-17-14-22(15-18-26)25-24(27)13-12-21-9-3-2-4-10-21/h2-6,8-11,22H,7,12-19H2,1H3,(H,25,27). The van der Waals surface area contributed by atoms with Crippen LogP contribution in [-0.2, 0) is 11.2 Å². The summed E-state index contributed by atoms with van der Waals surface area (Å²) in [6.45, 7) is 5.98. The molecule has 3 rings (SSSR count). The Labute approximate surface area is 168 Å². The van der Waals surface area contributed by atoms with Gasteiger partial charge in [-0.3, -0.25) is 4.79 Å². The first-order valence-corrected chi connectivity index (χ1v) is 10.4. The maximum absolute atomic E-state index is 12.2. The van der Waals surface area contributed by atoms with E-state index >= 15 is 0 Å². The quantitative estimate of drug-likeness (QED) is 0.669. The number of hydrogen-bond donors (Lipinski definition) is 1. The van der Waals surface area contributed by atoms with Gasteiger partial charge < -0.3 is 15.0 Å². The van der Waals surface area contributed by atoms with E-state index in [0.717, 1.165) is 57.7 Å². The first-order chi connectivity index (χ1) is 13.7. The molecule has 1 heterocycles. The van der Waals surface area contributed by atoms with Crippen molar-refractivity contribution in [2.24, 2.45) is 0 Å². The molecule has 0 atom stereocenters. The van der Waals surface area contributed by atoms with Crippen LogP contribution in [0.15, 0.2) is 54.6 Å². The molecule has 2 aromatic rings. The number of piperidine rings is 1. The van der Waals surface area contributed by atoms with Gasteiger partial charge in [0.25, 0.3) is 0 Å². The van der Waals surface area contributed by atoms with Gasteiger partial charge in [-0.05, 0) is 49.8 Å². The van der Waals surface area contributed by atoms with Crippen LogP contribution in [0.3, 0.4) is 0 Å². The van der Waals surface area contributed by atoms with Crippen LogP contribution in [0.1, 0.15) is 36.8 Å². The molecule has 1 amide bonds. The Bertz CT molecular complexity index is 724. The number of ether oxygens (including phenoxy) is 1. The predicted molar refractivity (Wildman–Crippen MR) is 114 cm³/mol. The fourth-order valence-corrected chi connectivity index (χ4v) is 3.69. The lowest BCUT2D eigenvalue weighted by atomic mass is 10.0. The highest BCUT2D eigenvalue weighted by atomic mass is 16.5. The Hall–Kier alpha value is -2.33. The van der Waals surface area contributed by atoms with Crippen molar-refractivity contribution in [3.63, 3.8) is 0 Å². The number of likely N-dealkylation sites (tertiary alicyclic amines) is 1. The lowest BCUT2D eigenvalue weighted by Crippen LogP contribution is -2.45. The molecule has 1 saturated heterocycles. The molecule has 0 unspecified atom stereocenters. The molecule has 0 aliphatic carbocycles. The average molecular weight is 381 g/mol. The third-order valence-electron chi connectivity index (χ3n) is 5.41. The van der Waals surface area contributed by atoms with Crippen molar-refractivity contribution in [2.45, 2.75) is 45.1 Å². The average Bonchev–Trinajstić information content (AvgIpc) is 2.73. The highest BCUT2D eigenvalue weighted by Crippen LogP contribution is 2.17. The molecule has 4 nitrogen and oxygen atoms in total. The summed E-state index contributed by atoms with van der Waals surface area (Å²) in [5, 5.41) is 3.21. The van der Waals surface area contributed by atoms with Gasteiger partial charge in [-0.1, -0.05) is 48.5 Å². The van der Waals surface area contributed by atoms with E-state index in [4.69, 9.17) is 4.74 Å². The second kappa shape index (κ2) is 10.9. The van der Waals surface area contributed by atoms with Crippen molar-refractivity contribution in [2.75, 3.05) is 26.2 Å². The van der Waals surface area contributed by atoms with Crippen molar-refractivity contribution in [1.82, 2.24) is 10.2 Å². The third kappa shape index (κ3) is 6.68. The van der Waals surface area contributed by atoms with E-state index in [1.54, 1.807) is 0 Å². The zero-order chi connectivity index (χ0) is 19.6. The van der Waals surface area contributed by atoms with Gasteiger partial charge in [0.15, 0.2) is 0 Å². The fraction of sp³-hybridized carbons (Fsp3) is 0.458. The van der Waals surface area contributed by atoms with Crippen molar-refractivity contribution in [1.29, 1.82) is 0 Å². The zero-order valence-electron chi connectivity index (χ0n) is 16.9. The van der Waals surface area contributed by atoms with Crippen LogP contribution < -0.4 is 10.1 Å². The molecule has 150 valence electrons. The Kier molecular flexibility index (Phi) is 7.92. The van der Waals surface area contributed by atoms with Gasteiger partial charge in [-0.25, -0.2) is 0 Å². The molecule has 2 aromatic carbocycles. The minimum Gasteiger partial charge on any atom is -0.493 e. The van der Waals surface area contributed by atoms with Gasteiger partial charge in [-0.2, -0.15) is 0 Å². The molecule has 0 aromatic heterocycles. The smallest absolute Gasteiger partial charge is 0.220 e. The van der Waals surface area contributed by atoms with Crippen LogP contribution in [-0.4, -0.2) is 43.1 Å². The van der Waals surface area contributed by atoms with E-state index in [1.165, 1.54) is 11.1 Å². The summed E-state index contributed by atoms with van der Waals surface area (Å²) < 4.78 is 5.88. The Morgan fingerprint density at radius 3 is 2.54 bits per heavy atom. The van der Waals surface area contributed by atoms with Crippen molar-refractivity contribution >= 4 is 5.91 Å². The monoisotopic (exact) mass is 380 g/mol. The SMILES string of the molecule is Cc1ccccc1OCCCN1CCC(NC(=O)CCc2ccccc2)CC1. The second-order valence-electron chi connectivity index (χ2n) is 7.64. The number of aryl methyl sites for hydroxylation is 2. The largest absolute Gasteiger partial charge is 0.493 e. The van der Waals surface area contributed by atoms with Gasteiger partial charge in [0.05, 0.1) is 6.61 Å². The number of benzene rings is 2. The molecule has 28 heavy (non-hydrogen) atoms. The van der Waals surface area contributed by atoms with Crippen molar-refractivity contribution in [3.05, 3.63) is 65.7 Å². The number of para-hydroxylation sites is 1. The Balaban J connectivity index is 1.27. The second-order valence-corrected chi connectivity index (χ2v) is 7.64. The Morgan fingerprint density at radius 1 is 1.07 bits per heavy atom. The normalized spacial score (nSPS) is 15.3. The Morgan fingerprint density at radius 2 is 1.79 bits per heavy atom. The van der Waals surface area contributed by atoms with E-state index in [0.29, 0.717) is 12.5 Å². The molecule has 0 radical (unpaired) electrons. The summed E-state index contributed by atoms with van der Waals surface area (Å²) >= 11 is 0. The van der Waals surface area contributed by atoms with Gasteiger partial charge in [0.1, 0.15) is 5.75 Å². The number of nitrogens with one attached hydrogen (secondary N) is 1. The molecular weight excluding hydrogens is 348 g/mol. The predicted octanol–water partition coefficient (Wildman–Crippen LogP) is 3.98. The van der Waals surface area contributed by atoms with E-state index in [9.17, 15) is 4.79 Å². The fourth-order valence-electron chi connectivity index (χ4n) is 3.69. The highest BCUT2D eigenvalue weighted by Gasteiger charge is 2.20. The number of hydrogen-bond acceptors (Lipinski definition) is 3. The zero-order valence-corrected chi connectivity index (χ0v) is 16.9. The van der Waals surface area contributed by atoms with Gasteiger partial charge >= 0.3 is 0 Å². The number of nitrogens with zero attached hydrogens (tertiary/aromatic N) is 1. The number of rotatable bonds is 9. The molecular formula is C24H32N2O2. The van der Waals surface area contributed by atoms with Crippen LogP contribution in [0.5, 0.6) is 5.75 Å². The van der Waals surface area contributed by atoms with Gasteiger partial charge in [-0.15, -0.1) is 0 Å². The molecule has 0 spiro atoms. The minimum atomic E-state index is 0.175.